The zero-order chi connectivity index (χ0) is 13.9. The molecule has 0 amide bonds. The lowest BCUT2D eigenvalue weighted by Crippen LogP contribution is -2.32. The molecule has 2 N–H and O–H groups in total. The molecule has 1 rings (SSSR count). The summed E-state index contributed by atoms with van der Waals surface area (Å²) >= 11 is 0. The van der Waals surface area contributed by atoms with E-state index in [9.17, 15) is 8.42 Å². The summed E-state index contributed by atoms with van der Waals surface area (Å²) in [5.41, 5.74) is 7.65. The van der Waals surface area contributed by atoms with Gasteiger partial charge in [0.1, 0.15) is 0 Å². The Morgan fingerprint density at radius 3 is 2.56 bits per heavy atom. The Morgan fingerprint density at radius 2 is 2.06 bits per heavy atom. The Hall–Kier alpha value is -1.33. The maximum Gasteiger partial charge on any atom is 0.243 e. The molecule has 0 saturated carbocycles. The molecule has 5 heteroatoms. The average Bonchev–Trinajstić information content (AvgIpc) is 2.28. The van der Waals surface area contributed by atoms with E-state index in [1.165, 1.54) is 4.31 Å². The highest BCUT2D eigenvalue weighted by Gasteiger charge is 2.25. The van der Waals surface area contributed by atoms with Crippen LogP contribution >= 0.6 is 0 Å². The standard InChI is InChI=1S/C13H20N2O2S/c1-5-15(9-10(2)3)18(16,17)13-8-6-7-12(14)11(13)4/h6-8H,2,5,9,14H2,1,3-4H3. The van der Waals surface area contributed by atoms with Crippen molar-refractivity contribution in [3.8, 4) is 0 Å². The number of rotatable bonds is 5. The zero-order valence-electron chi connectivity index (χ0n) is 11.1. The van der Waals surface area contributed by atoms with Crippen molar-refractivity contribution in [2.75, 3.05) is 18.8 Å². The van der Waals surface area contributed by atoms with Gasteiger partial charge in [0.15, 0.2) is 0 Å². The van der Waals surface area contributed by atoms with E-state index in [4.69, 9.17) is 5.73 Å². The fourth-order valence-electron chi connectivity index (χ4n) is 1.72. The predicted molar refractivity (Wildman–Crippen MR) is 74.8 cm³/mol. The van der Waals surface area contributed by atoms with E-state index < -0.39 is 10.0 Å². The lowest BCUT2D eigenvalue weighted by atomic mass is 10.2. The molecule has 0 spiro atoms. The summed E-state index contributed by atoms with van der Waals surface area (Å²) in [6.07, 6.45) is 0. The number of anilines is 1. The van der Waals surface area contributed by atoms with Crippen LogP contribution < -0.4 is 5.73 Å². The highest BCUT2D eigenvalue weighted by molar-refractivity contribution is 7.89. The van der Waals surface area contributed by atoms with E-state index in [-0.39, 0.29) is 4.90 Å². The smallest absolute Gasteiger partial charge is 0.243 e. The van der Waals surface area contributed by atoms with Gasteiger partial charge in [-0.15, -0.1) is 0 Å². The summed E-state index contributed by atoms with van der Waals surface area (Å²) in [5.74, 6) is 0. The molecular formula is C13H20N2O2S. The minimum atomic E-state index is -3.51. The number of nitrogens with zero attached hydrogens (tertiary/aromatic N) is 1. The molecule has 1 aromatic carbocycles. The quantitative estimate of drug-likeness (QED) is 0.657. The Balaban J connectivity index is 3.27. The number of likely N-dealkylation sites (N-methyl/N-ethyl adjacent to an activating group) is 1. The van der Waals surface area contributed by atoms with Crippen molar-refractivity contribution in [1.82, 2.24) is 4.31 Å². The molecule has 0 aromatic heterocycles. The first-order chi connectivity index (χ1) is 8.30. The van der Waals surface area contributed by atoms with Crippen LogP contribution in [0.2, 0.25) is 0 Å². The first-order valence-corrected chi connectivity index (χ1v) is 7.24. The molecule has 0 aliphatic rings. The van der Waals surface area contributed by atoms with Crippen LogP contribution in [0.15, 0.2) is 35.2 Å². The van der Waals surface area contributed by atoms with Crippen LogP contribution in [0.4, 0.5) is 5.69 Å². The number of hydrogen-bond acceptors (Lipinski definition) is 3. The second-order valence-corrected chi connectivity index (χ2v) is 6.27. The number of nitrogen functional groups attached to an aromatic ring is 1. The van der Waals surface area contributed by atoms with Gasteiger partial charge in [-0.1, -0.05) is 25.1 Å². The number of nitrogens with two attached hydrogens (primary N) is 1. The Kier molecular flexibility index (Phi) is 4.53. The lowest BCUT2D eigenvalue weighted by Gasteiger charge is -2.22. The van der Waals surface area contributed by atoms with E-state index in [2.05, 4.69) is 6.58 Å². The second kappa shape index (κ2) is 5.54. The largest absolute Gasteiger partial charge is 0.398 e. The van der Waals surface area contributed by atoms with E-state index in [0.29, 0.717) is 24.3 Å². The molecule has 1 aromatic rings. The molecule has 0 atom stereocenters. The summed E-state index contributed by atoms with van der Waals surface area (Å²) in [4.78, 5) is 0.269. The average molecular weight is 268 g/mol. The minimum absolute atomic E-state index is 0.269. The van der Waals surface area contributed by atoms with Gasteiger partial charge in [0.25, 0.3) is 0 Å². The predicted octanol–water partition coefficient (Wildman–Crippen LogP) is 2.16. The van der Waals surface area contributed by atoms with Crippen molar-refractivity contribution in [1.29, 1.82) is 0 Å². The summed E-state index contributed by atoms with van der Waals surface area (Å²) in [5, 5.41) is 0. The van der Waals surface area contributed by atoms with Gasteiger partial charge in [-0.3, -0.25) is 0 Å². The van der Waals surface area contributed by atoms with Crippen LogP contribution in [0.3, 0.4) is 0 Å². The third-order valence-corrected chi connectivity index (χ3v) is 4.81. The van der Waals surface area contributed by atoms with E-state index in [1.807, 2.05) is 13.8 Å². The van der Waals surface area contributed by atoms with E-state index in [1.54, 1.807) is 25.1 Å². The van der Waals surface area contributed by atoms with Crippen LogP contribution in [0.5, 0.6) is 0 Å². The van der Waals surface area contributed by atoms with Crippen molar-refractivity contribution in [2.45, 2.75) is 25.7 Å². The highest BCUT2D eigenvalue weighted by atomic mass is 32.2. The highest BCUT2D eigenvalue weighted by Crippen LogP contribution is 2.24. The molecule has 100 valence electrons. The molecule has 0 saturated heterocycles. The Bertz CT molecular complexity index is 550. The monoisotopic (exact) mass is 268 g/mol. The first-order valence-electron chi connectivity index (χ1n) is 5.80. The number of sulfonamides is 1. The lowest BCUT2D eigenvalue weighted by molar-refractivity contribution is 0.452. The maximum atomic E-state index is 12.5. The van der Waals surface area contributed by atoms with Gasteiger partial charge in [0.05, 0.1) is 4.90 Å². The zero-order valence-corrected chi connectivity index (χ0v) is 11.9. The van der Waals surface area contributed by atoms with E-state index in [0.717, 1.165) is 5.57 Å². The topological polar surface area (TPSA) is 63.4 Å². The van der Waals surface area contributed by atoms with E-state index >= 15 is 0 Å². The number of hydrogen-bond donors (Lipinski definition) is 1. The van der Waals surface area contributed by atoms with Crippen molar-refractivity contribution in [2.24, 2.45) is 0 Å². The summed E-state index contributed by atoms with van der Waals surface area (Å²) in [7, 11) is -3.51. The minimum Gasteiger partial charge on any atom is -0.398 e. The van der Waals surface area contributed by atoms with Crippen LogP contribution in [-0.4, -0.2) is 25.8 Å². The second-order valence-electron chi connectivity index (χ2n) is 4.36. The first kappa shape index (κ1) is 14.7. The van der Waals surface area contributed by atoms with Crippen molar-refractivity contribution in [3.05, 3.63) is 35.9 Å². The molecular weight excluding hydrogens is 248 g/mol. The van der Waals surface area contributed by atoms with Gasteiger partial charge in [0.2, 0.25) is 10.0 Å². The van der Waals surface area contributed by atoms with Gasteiger partial charge in [0, 0.05) is 18.8 Å². The molecule has 0 aliphatic heterocycles. The van der Waals surface area contributed by atoms with Crippen LogP contribution in [0, 0.1) is 6.92 Å². The van der Waals surface area contributed by atoms with Crippen LogP contribution in [0.25, 0.3) is 0 Å². The SMILES string of the molecule is C=C(C)CN(CC)S(=O)(=O)c1cccc(N)c1C. The maximum absolute atomic E-state index is 12.5. The fourth-order valence-corrected chi connectivity index (χ4v) is 3.48. The van der Waals surface area contributed by atoms with Crippen LogP contribution in [-0.2, 0) is 10.0 Å². The molecule has 0 bridgehead atoms. The Morgan fingerprint density at radius 1 is 1.44 bits per heavy atom. The summed E-state index contributed by atoms with van der Waals surface area (Å²) in [6.45, 7) is 9.83. The van der Waals surface area contributed by atoms with Crippen molar-refractivity contribution >= 4 is 15.7 Å². The molecule has 0 heterocycles. The molecule has 18 heavy (non-hydrogen) atoms. The van der Waals surface area contributed by atoms with Crippen molar-refractivity contribution < 1.29 is 8.42 Å². The molecule has 0 radical (unpaired) electrons. The van der Waals surface area contributed by atoms with Gasteiger partial charge in [-0.05, 0) is 31.5 Å². The molecule has 0 unspecified atom stereocenters. The van der Waals surface area contributed by atoms with Gasteiger partial charge >= 0.3 is 0 Å². The molecule has 0 aliphatic carbocycles. The van der Waals surface area contributed by atoms with Gasteiger partial charge in [-0.25, -0.2) is 8.42 Å². The van der Waals surface area contributed by atoms with Crippen LogP contribution in [0.1, 0.15) is 19.4 Å². The summed E-state index contributed by atoms with van der Waals surface area (Å²) in [6, 6.07) is 4.94. The normalized spacial score (nSPS) is 11.8. The van der Waals surface area contributed by atoms with Gasteiger partial charge < -0.3 is 5.73 Å². The Labute approximate surface area is 109 Å². The third-order valence-electron chi connectivity index (χ3n) is 2.74. The molecule has 0 fully saturated rings. The molecule has 4 nitrogen and oxygen atoms in total. The summed E-state index contributed by atoms with van der Waals surface area (Å²) < 4.78 is 26.4. The van der Waals surface area contributed by atoms with Crippen molar-refractivity contribution in [3.63, 3.8) is 0 Å². The fraction of sp³-hybridized carbons (Fsp3) is 0.385. The third kappa shape index (κ3) is 2.91. The van der Waals surface area contributed by atoms with Gasteiger partial charge in [-0.2, -0.15) is 4.31 Å². The number of benzene rings is 1.